The molecule has 0 heterocycles. The lowest BCUT2D eigenvalue weighted by molar-refractivity contribution is -0.137. The van der Waals surface area contributed by atoms with Crippen LogP contribution in [0, 0.1) is 0 Å². The summed E-state index contributed by atoms with van der Waals surface area (Å²) in [6.45, 7) is 2.40. The maximum absolute atomic E-state index is 12.2. The fourth-order valence-electron chi connectivity index (χ4n) is 2.18. The third-order valence-electron chi connectivity index (χ3n) is 3.34. The fraction of sp³-hybridized carbons (Fsp3) is 0.471. The van der Waals surface area contributed by atoms with Crippen LogP contribution in [0.4, 0.5) is 5.69 Å². The normalized spacial score (nSPS) is 10.2. The predicted octanol–water partition coefficient (Wildman–Crippen LogP) is 3.16. The number of nitrogens with one attached hydrogen (secondary N) is 1. The van der Waals surface area contributed by atoms with Gasteiger partial charge in [-0.25, -0.2) is 0 Å². The Balaban J connectivity index is 2.48. The van der Waals surface area contributed by atoms with Crippen LogP contribution in [-0.2, 0) is 14.4 Å². The minimum absolute atomic E-state index is 0.0196. The van der Waals surface area contributed by atoms with Crippen molar-refractivity contribution in [2.75, 3.05) is 18.4 Å². The number of halogens is 1. The molecule has 0 atom stereocenters. The fourth-order valence-corrected chi connectivity index (χ4v) is 2.31. The molecular weight excluding hydrogens is 332 g/mol. The quantitative estimate of drug-likeness (QED) is 0.632. The van der Waals surface area contributed by atoms with Crippen molar-refractivity contribution in [2.24, 2.45) is 0 Å². The maximum atomic E-state index is 12.2. The van der Waals surface area contributed by atoms with E-state index in [1.807, 2.05) is 6.92 Å². The average Bonchev–Trinajstić information content (AvgIpc) is 2.53. The first-order chi connectivity index (χ1) is 11.4. The smallest absolute Gasteiger partial charge is 0.303 e. The van der Waals surface area contributed by atoms with Crippen molar-refractivity contribution in [1.29, 1.82) is 0 Å². The van der Waals surface area contributed by atoms with E-state index in [4.69, 9.17) is 16.7 Å². The number of anilines is 1. The van der Waals surface area contributed by atoms with Crippen LogP contribution in [0.1, 0.15) is 39.0 Å². The predicted molar refractivity (Wildman–Crippen MR) is 93.1 cm³/mol. The Labute approximate surface area is 146 Å². The van der Waals surface area contributed by atoms with E-state index in [-0.39, 0.29) is 31.2 Å². The van der Waals surface area contributed by atoms with Gasteiger partial charge in [0.2, 0.25) is 11.8 Å². The summed E-state index contributed by atoms with van der Waals surface area (Å²) >= 11 is 5.79. The molecule has 0 saturated heterocycles. The van der Waals surface area contributed by atoms with Crippen molar-refractivity contribution >= 4 is 35.1 Å². The topological polar surface area (TPSA) is 86.7 Å². The molecule has 0 aliphatic heterocycles. The van der Waals surface area contributed by atoms with Gasteiger partial charge in [0.05, 0.1) is 6.54 Å². The molecule has 0 bridgehead atoms. The first-order valence-electron chi connectivity index (χ1n) is 7.97. The second-order valence-electron chi connectivity index (χ2n) is 5.47. The molecule has 0 spiro atoms. The lowest BCUT2D eigenvalue weighted by Gasteiger charge is -2.21. The Bertz CT molecular complexity index is 560. The zero-order valence-corrected chi connectivity index (χ0v) is 14.5. The molecule has 0 unspecified atom stereocenters. The van der Waals surface area contributed by atoms with E-state index in [1.165, 1.54) is 4.90 Å². The highest BCUT2D eigenvalue weighted by Crippen LogP contribution is 2.13. The van der Waals surface area contributed by atoms with Crippen LogP contribution in [0.3, 0.4) is 0 Å². The summed E-state index contributed by atoms with van der Waals surface area (Å²) in [5, 5.41) is 11.9. The van der Waals surface area contributed by atoms with Crippen molar-refractivity contribution in [3.63, 3.8) is 0 Å². The Hall–Kier alpha value is -2.08. The molecule has 0 aliphatic carbocycles. The van der Waals surface area contributed by atoms with E-state index in [0.29, 0.717) is 30.1 Å². The Morgan fingerprint density at radius 1 is 1.12 bits per heavy atom. The Morgan fingerprint density at radius 2 is 1.75 bits per heavy atom. The van der Waals surface area contributed by atoms with Gasteiger partial charge in [0.1, 0.15) is 0 Å². The summed E-state index contributed by atoms with van der Waals surface area (Å²) in [6, 6.07) is 6.74. The summed E-state index contributed by atoms with van der Waals surface area (Å²) in [5.41, 5.74) is 0.620. The van der Waals surface area contributed by atoms with Crippen LogP contribution in [0.2, 0.25) is 5.02 Å². The van der Waals surface area contributed by atoms with Crippen LogP contribution < -0.4 is 5.32 Å². The Morgan fingerprint density at radius 3 is 2.33 bits per heavy atom. The summed E-state index contributed by atoms with van der Waals surface area (Å²) in [4.78, 5) is 36.3. The minimum Gasteiger partial charge on any atom is -0.481 e. The average molecular weight is 355 g/mol. The largest absolute Gasteiger partial charge is 0.481 e. The number of nitrogens with zero attached hydrogens (tertiary/aromatic N) is 1. The molecule has 0 saturated carbocycles. The van der Waals surface area contributed by atoms with Gasteiger partial charge in [-0.2, -0.15) is 0 Å². The number of aliphatic carboxylic acids is 1. The van der Waals surface area contributed by atoms with Crippen molar-refractivity contribution in [1.82, 2.24) is 4.90 Å². The highest BCUT2D eigenvalue weighted by molar-refractivity contribution is 6.30. The van der Waals surface area contributed by atoms with Gasteiger partial charge in [-0.1, -0.05) is 18.5 Å². The number of carboxylic acid groups (broad SMARTS) is 1. The van der Waals surface area contributed by atoms with E-state index >= 15 is 0 Å². The monoisotopic (exact) mass is 354 g/mol. The van der Waals surface area contributed by atoms with E-state index < -0.39 is 5.97 Å². The van der Waals surface area contributed by atoms with E-state index in [0.717, 1.165) is 6.42 Å². The summed E-state index contributed by atoms with van der Waals surface area (Å²) in [5.74, 6) is -1.27. The summed E-state index contributed by atoms with van der Waals surface area (Å²) < 4.78 is 0. The minimum atomic E-state index is -0.866. The van der Waals surface area contributed by atoms with Crippen molar-refractivity contribution in [3.05, 3.63) is 29.3 Å². The van der Waals surface area contributed by atoms with Gasteiger partial charge in [-0.05, 0) is 43.5 Å². The molecule has 0 radical (unpaired) electrons. The molecule has 2 N–H and O–H groups in total. The SMILES string of the molecule is CCCN(CC(=O)Nc1ccc(Cl)cc1)C(=O)CCCCC(=O)O. The third kappa shape index (κ3) is 7.97. The van der Waals surface area contributed by atoms with Gasteiger partial charge < -0.3 is 15.3 Å². The lowest BCUT2D eigenvalue weighted by atomic mass is 10.1. The number of hydrogen-bond acceptors (Lipinski definition) is 3. The molecule has 0 aromatic heterocycles. The standard InChI is InChI=1S/C17H23ClN2O4/c1-2-11-20(16(22)5-3-4-6-17(23)24)12-15(21)19-14-9-7-13(18)8-10-14/h7-10H,2-6,11-12H2,1H3,(H,19,21)(H,23,24). The lowest BCUT2D eigenvalue weighted by Crippen LogP contribution is -2.38. The number of unbranched alkanes of at least 4 members (excludes halogenated alkanes) is 1. The molecule has 0 aliphatic rings. The number of rotatable bonds is 10. The van der Waals surface area contributed by atoms with Crippen LogP contribution in [0.5, 0.6) is 0 Å². The van der Waals surface area contributed by atoms with E-state index in [9.17, 15) is 14.4 Å². The number of hydrogen-bond donors (Lipinski definition) is 2. The van der Waals surface area contributed by atoms with Crippen LogP contribution in [-0.4, -0.2) is 40.9 Å². The van der Waals surface area contributed by atoms with Crippen LogP contribution in [0.15, 0.2) is 24.3 Å². The van der Waals surface area contributed by atoms with Crippen LogP contribution in [0.25, 0.3) is 0 Å². The molecule has 24 heavy (non-hydrogen) atoms. The summed E-state index contributed by atoms with van der Waals surface area (Å²) in [7, 11) is 0. The molecule has 2 amide bonds. The second-order valence-corrected chi connectivity index (χ2v) is 5.91. The number of amides is 2. The molecule has 132 valence electrons. The van der Waals surface area contributed by atoms with Gasteiger partial charge in [-0.15, -0.1) is 0 Å². The maximum Gasteiger partial charge on any atom is 0.303 e. The van der Waals surface area contributed by atoms with Gasteiger partial charge >= 0.3 is 5.97 Å². The van der Waals surface area contributed by atoms with E-state index in [2.05, 4.69) is 5.32 Å². The number of benzene rings is 1. The first-order valence-corrected chi connectivity index (χ1v) is 8.35. The van der Waals surface area contributed by atoms with Crippen molar-refractivity contribution in [2.45, 2.75) is 39.0 Å². The molecule has 7 heteroatoms. The first kappa shape index (κ1) is 20.0. The van der Waals surface area contributed by atoms with Gasteiger partial charge in [0, 0.05) is 30.1 Å². The Kier molecular flexibility index (Phi) is 8.86. The second kappa shape index (κ2) is 10.6. The number of carbonyl (C=O) groups is 3. The molecule has 1 aromatic carbocycles. The van der Waals surface area contributed by atoms with Gasteiger partial charge in [-0.3, -0.25) is 14.4 Å². The molecule has 1 aromatic rings. The molecule has 0 fully saturated rings. The third-order valence-corrected chi connectivity index (χ3v) is 3.59. The van der Waals surface area contributed by atoms with Crippen LogP contribution >= 0.6 is 11.6 Å². The number of carboxylic acids is 1. The zero-order chi connectivity index (χ0) is 17.9. The van der Waals surface area contributed by atoms with E-state index in [1.54, 1.807) is 24.3 Å². The molecule has 1 rings (SSSR count). The molecular formula is C17H23ClN2O4. The number of carbonyl (C=O) groups excluding carboxylic acids is 2. The van der Waals surface area contributed by atoms with Crippen molar-refractivity contribution in [3.8, 4) is 0 Å². The van der Waals surface area contributed by atoms with Gasteiger partial charge in [0.15, 0.2) is 0 Å². The highest BCUT2D eigenvalue weighted by Gasteiger charge is 2.16. The van der Waals surface area contributed by atoms with Crippen molar-refractivity contribution < 1.29 is 19.5 Å². The highest BCUT2D eigenvalue weighted by atomic mass is 35.5. The molecule has 6 nitrogen and oxygen atoms in total. The zero-order valence-electron chi connectivity index (χ0n) is 13.8. The summed E-state index contributed by atoms with van der Waals surface area (Å²) in [6.07, 6.45) is 2.01. The van der Waals surface area contributed by atoms with Gasteiger partial charge in [0.25, 0.3) is 0 Å².